The number of anilines is 1. The molecule has 1 fully saturated rings. The fraction of sp³-hybridized carbons (Fsp3) is 0.500. The molecule has 0 radical (unpaired) electrons. The average molecular weight is 381 g/mol. The number of carboxylic acid groups (broad SMARTS) is 1. The van der Waals surface area contributed by atoms with Crippen molar-refractivity contribution in [3.8, 4) is 0 Å². The van der Waals surface area contributed by atoms with Crippen molar-refractivity contribution in [2.75, 3.05) is 49.1 Å². The zero-order valence-electron chi connectivity index (χ0n) is 12.4. The number of benzene rings is 1. The van der Waals surface area contributed by atoms with E-state index in [1.807, 2.05) is 11.0 Å². The molecular weight excluding hydrogens is 363 g/mol. The highest BCUT2D eigenvalue weighted by atomic mass is 35.5. The number of hydrogen-bond acceptors (Lipinski definition) is 5. The summed E-state index contributed by atoms with van der Waals surface area (Å²) in [7, 11) is -3.55. The van der Waals surface area contributed by atoms with Crippen LogP contribution < -0.4 is 4.90 Å². The van der Waals surface area contributed by atoms with Gasteiger partial charge in [-0.05, 0) is 18.2 Å². The predicted octanol–water partition coefficient (Wildman–Crippen LogP) is 1.61. The van der Waals surface area contributed by atoms with Gasteiger partial charge in [0.25, 0.3) is 0 Å². The summed E-state index contributed by atoms with van der Waals surface area (Å²) in [6.45, 7) is 3.18. The van der Waals surface area contributed by atoms with Crippen molar-refractivity contribution in [2.24, 2.45) is 0 Å². The lowest BCUT2D eigenvalue weighted by molar-refractivity contribution is -0.134. The van der Waals surface area contributed by atoms with Crippen molar-refractivity contribution in [1.82, 2.24) is 4.90 Å². The number of piperazine rings is 1. The second kappa shape index (κ2) is 7.70. The Morgan fingerprint density at radius 2 is 1.83 bits per heavy atom. The Kier molecular flexibility index (Phi) is 6.13. The van der Waals surface area contributed by atoms with Crippen LogP contribution in [0.5, 0.6) is 0 Å². The van der Waals surface area contributed by atoms with Gasteiger partial charge in [-0.15, -0.1) is 0 Å². The zero-order valence-corrected chi connectivity index (χ0v) is 14.7. The third-order valence-corrected chi connectivity index (χ3v) is 5.71. The van der Waals surface area contributed by atoms with Gasteiger partial charge in [0, 0.05) is 37.7 Å². The van der Waals surface area contributed by atoms with Crippen LogP contribution >= 0.6 is 23.2 Å². The first-order valence-electron chi connectivity index (χ1n) is 7.11. The second-order valence-electron chi connectivity index (χ2n) is 5.41. The molecule has 2 rings (SSSR count). The van der Waals surface area contributed by atoms with Gasteiger partial charge >= 0.3 is 5.97 Å². The smallest absolute Gasteiger partial charge is 0.318 e. The van der Waals surface area contributed by atoms with E-state index in [0.717, 1.165) is 18.8 Å². The fourth-order valence-electron chi connectivity index (χ4n) is 2.48. The van der Waals surface area contributed by atoms with Crippen molar-refractivity contribution in [3.63, 3.8) is 0 Å². The minimum Gasteiger partial charge on any atom is -0.480 e. The predicted molar refractivity (Wildman–Crippen MR) is 91.4 cm³/mol. The highest BCUT2D eigenvalue weighted by Gasteiger charge is 2.22. The van der Waals surface area contributed by atoms with E-state index in [4.69, 9.17) is 28.3 Å². The highest BCUT2D eigenvalue weighted by molar-refractivity contribution is 7.92. The minimum absolute atomic E-state index is 0.138. The molecule has 0 spiro atoms. The van der Waals surface area contributed by atoms with Crippen molar-refractivity contribution < 1.29 is 18.3 Å². The van der Waals surface area contributed by atoms with Crippen LogP contribution in [-0.4, -0.2) is 68.6 Å². The normalized spacial score (nSPS) is 16.5. The van der Waals surface area contributed by atoms with Crippen LogP contribution in [0.3, 0.4) is 0 Å². The molecule has 1 aromatic rings. The Balaban J connectivity index is 1.85. The molecule has 1 N–H and O–H groups in total. The van der Waals surface area contributed by atoms with Gasteiger partial charge < -0.3 is 10.0 Å². The maximum absolute atomic E-state index is 11.6. The van der Waals surface area contributed by atoms with Gasteiger partial charge in [-0.3, -0.25) is 9.69 Å². The Hall–Kier alpha value is -1.02. The molecule has 1 aliphatic rings. The second-order valence-corrected chi connectivity index (χ2v) is 8.44. The highest BCUT2D eigenvalue weighted by Crippen LogP contribution is 2.29. The van der Waals surface area contributed by atoms with Crippen molar-refractivity contribution in [1.29, 1.82) is 0 Å². The number of carbonyl (C=O) groups is 1. The number of carboxylic acids is 1. The quantitative estimate of drug-likeness (QED) is 0.807. The fourth-order valence-corrected chi connectivity index (χ4v) is 4.06. The van der Waals surface area contributed by atoms with Gasteiger partial charge in [-0.2, -0.15) is 0 Å². The lowest BCUT2D eigenvalue weighted by Gasteiger charge is -2.36. The van der Waals surface area contributed by atoms with E-state index in [2.05, 4.69) is 4.90 Å². The average Bonchev–Trinajstić information content (AvgIpc) is 2.45. The molecule has 0 saturated carbocycles. The molecule has 0 bridgehead atoms. The van der Waals surface area contributed by atoms with E-state index in [-0.39, 0.29) is 5.75 Å². The summed E-state index contributed by atoms with van der Waals surface area (Å²) in [5.41, 5.74) is 0.911. The molecule has 128 valence electrons. The Morgan fingerprint density at radius 1 is 1.17 bits per heavy atom. The van der Waals surface area contributed by atoms with Gasteiger partial charge in [0.15, 0.2) is 9.84 Å². The molecule has 1 heterocycles. The number of aliphatic carboxylic acids is 1. The van der Waals surface area contributed by atoms with Gasteiger partial charge in [-0.1, -0.05) is 23.2 Å². The lowest BCUT2D eigenvalue weighted by Crippen LogP contribution is -2.47. The first-order valence-corrected chi connectivity index (χ1v) is 9.69. The van der Waals surface area contributed by atoms with Gasteiger partial charge in [0.1, 0.15) is 5.75 Å². The topological polar surface area (TPSA) is 77.9 Å². The standard InChI is InChI=1S/C14H18Cl2N2O4S/c15-11-1-2-13(12(16)9-11)18-5-3-17(4-6-18)7-8-23(21,22)10-14(19)20/h1-2,9H,3-8,10H2,(H,19,20). The summed E-state index contributed by atoms with van der Waals surface area (Å²) >= 11 is 12.1. The first kappa shape index (κ1) is 18.3. The van der Waals surface area contributed by atoms with Crippen LogP contribution in [0.2, 0.25) is 10.0 Å². The first-order chi connectivity index (χ1) is 10.8. The number of hydrogen-bond donors (Lipinski definition) is 1. The summed E-state index contributed by atoms with van der Waals surface area (Å²) < 4.78 is 23.2. The van der Waals surface area contributed by atoms with Crippen LogP contribution in [0.25, 0.3) is 0 Å². The number of rotatable bonds is 6. The van der Waals surface area contributed by atoms with E-state index in [0.29, 0.717) is 29.7 Å². The van der Waals surface area contributed by atoms with Gasteiger partial charge in [0.2, 0.25) is 0 Å². The largest absolute Gasteiger partial charge is 0.480 e. The van der Waals surface area contributed by atoms with E-state index in [1.165, 1.54) is 0 Å². The molecule has 1 aliphatic heterocycles. The summed E-state index contributed by atoms with van der Waals surface area (Å²) in [6.07, 6.45) is 0. The maximum Gasteiger partial charge on any atom is 0.318 e. The van der Waals surface area contributed by atoms with Crippen LogP contribution in [0.1, 0.15) is 0 Å². The molecule has 6 nitrogen and oxygen atoms in total. The molecule has 0 aliphatic carbocycles. The Bertz CT molecular complexity index is 673. The SMILES string of the molecule is O=C(O)CS(=O)(=O)CCN1CCN(c2ccc(Cl)cc2Cl)CC1. The van der Waals surface area contributed by atoms with Crippen molar-refractivity contribution in [3.05, 3.63) is 28.2 Å². The number of halogens is 2. The molecule has 0 unspecified atom stereocenters. The monoisotopic (exact) mass is 380 g/mol. The summed E-state index contributed by atoms with van der Waals surface area (Å²) in [4.78, 5) is 14.6. The van der Waals surface area contributed by atoms with Crippen LogP contribution in [0, 0.1) is 0 Å². The number of sulfone groups is 1. The molecule has 1 aromatic carbocycles. The zero-order chi connectivity index (χ0) is 17.0. The van der Waals surface area contributed by atoms with Crippen LogP contribution in [0.4, 0.5) is 5.69 Å². The summed E-state index contributed by atoms with van der Waals surface area (Å²) in [6, 6.07) is 5.36. The summed E-state index contributed by atoms with van der Waals surface area (Å²) in [5.74, 6) is -2.26. The van der Waals surface area contributed by atoms with Gasteiger partial charge in [-0.25, -0.2) is 8.42 Å². The summed E-state index contributed by atoms with van der Waals surface area (Å²) in [5, 5.41) is 9.75. The van der Waals surface area contributed by atoms with E-state index in [1.54, 1.807) is 12.1 Å². The van der Waals surface area contributed by atoms with Crippen LogP contribution in [0.15, 0.2) is 18.2 Å². The van der Waals surface area contributed by atoms with Crippen molar-refractivity contribution in [2.45, 2.75) is 0 Å². The minimum atomic E-state index is -3.55. The Morgan fingerprint density at radius 3 is 2.39 bits per heavy atom. The molecular formula is C14H18Cl2N2O4S. The number of nitrogens with zero attached hydrogens (tertiary/aromatic N) is 2. The van der Waals surface area contributed by atoms with Gasteiger partial charge in [0.05, 0.1) is 16.5 Å². The maximum atomic E-state index is 11.6. The molecule has 9 heteroatoms. The van der Waals surface area contributed by atoms with Crippen molar-refractivity contribution >= 4 is 44.7 Å². The molecule has 0 aromatic heterocycles. The lowest BCUT2D eigenvalue weighted by atomic mass is 10.2. The van der Waals surface area contributed by atoms with Crippen LogP contribution in [-0.2, 0) is 14.6 Å². The molecule has 0 atom stereocenters. The molecule has 0 amide bonds. The van der Waals surface area contributed by atoms with E-state index >= 15 is 0 Å². The van der Waals surface area contributed by atoms with E-state index < -0.39 is 21.6 Å². The van der Waals surface area contributed by atoms with E-state index in [9.17, 15) is 13.2 Å². The third-order valence-electron chi connectivity index (χ3n) is 3.68. The Labute approximate surface area is 145 Å². The third kappa shape index (κ3) is 5.53. The molecule has 23 heavy (non-hydrogen) atoms. The molecule has 1 saturated heterocycles.